The standard InChI is InChI=1S/C15H19ClN2O/c1-9(10-3-2-4-11(16)7-10)17-15(19)13-8-12-5-6-14(13)18-12/h2-4,7,9,12-14,18H,5-6,8H2,1H3,(H,17,19). The molecule has 1 aromatic carbocycles. The molecule has 2 aliphatic rings. The van der Waals surface area contributed by atoms with E-state index in [4.69, 9.17) is 11.6 Å². The molecular weight excluding hydrogens is 260 g/mol. The molecule has 1 amide bonds. The third kappa shape index (κ3) is 2.63. The fourth-order valence-electron chi connectivity index (χ4n) is 3.29. The van der Waals surface area contributed by atoms with Crippen LogP contribution in [0.3, 0.4) is 0 Å². The molecule has 2 bridgehead atoms. The summed E-state index contributed by atoms with van der Waals surface area (Å²) in [5.41, 5.74) is 1.05. The highest BCUT2D eigenvalue weighted by atomic mass is 35.5. The minimum Gasteiger partial charge on any atom is -0.349 e. The summed E-state index contributed by atoms with van der Waals surface area (Å²) >= 11 is 5.98. The van der Waals surface area contributed by atoms with Crippen LogP contribution in [0.5, 0.6) is 0 Å². The van der Waals surface area contributed by atoms with E-state index < -0.39 is 0 Å². The van der Waals surface area contributed by atoms with Crippen molar-refractivity contribution in [3.8, 4) is 0 Å². The number of nitrogens with one attached hydrogen (secondary N) is 2. The van der Waals surface area contributed by atoms with Crippen LogP contribution in [0.4, 0.5) is 0 Å². The molecule has 0 radical (unpaired) electrons. The van der Waals surface area contributed by atoms with Gasteiger partial charge in [0, 0.05) is 17.1 Å². The molecule has 0 aromatic heterocycles. The lowest BCUT2D eigenvalue weighted by Crippen LogP contribution is -2.38. The van der Waals surface area contributed by atoms with Crippen LogP contribution in [-0.4, -0.2) is 18.0 Å². The molecule has 0 spiro atoms. The van der Waals surface area contributed by atoms with Crippen molar-refractivity contribution in [1.29, 1.82) is 0 Å². The Morgan fingerprint density at radius 3 is 2.95 bits per heavy atom. The highest BCUT2D eigenvalue weighted by Crippen LogP contribution is 2.33. The van der Waals surface area contributed by atoms with Gasteiger partial charge in [-0.1, -0.05) is 23.7 Å². The van der Waals surface area contributed by atoms with Gasteiger partial charge in [-0.25, -0.2) is 0 Å². The minimum atomic E-state index is 0.00493. The molecule has 2 heterocycles. The Kier molecular flexibility index (Phi) is 3.50. The van der Waals surface area contributed by atoms with Crippen molar-refractivity contribution in [3.63, 3.8) is 0 Å². The van der Waals surface area contributed by atoms with Gasteiger partial charge in [-0.3, -0.25) is 4.79 Å². The van der Waals surface area contributed by atoms with E-state index >= 15 is 0 Å². The van der Waals surface area contributed by atoms with Crippen molar-refractivity contribution in [2.75, 3.05) is 0 Å². The molecule has 0 saturated carbocycles. The maximum Gasteiger partial charge on any atom is 0.225 e. The number of amides is 1. The molecule has 102 valence electrons. The summed E-state index contributed by atoms with van der Waals surface area (Å²) in [5.74, 6) is 0.313. The van der Waals surface area contributed by atoms with E-state index in [1.54, 1.807) is 0 Å². The van der Waals surface area contributed by atoms with Crippen molar-refractivity contribution in [3.05, 3.63) is 34.9 Å². The number of carbonyl (C=O) groups is 1. The normalized spacial score (nSPS) is 30.3. The molecule has 19 heavy (non-hydrogen) atoms. The zero-order chi connectivity index (χ0) is 13.4. The van der Waals surface area contributed by atoms with Crippen molar-refractivity contribution < 1.29 is 4.79 Å². The molecule has 1 aromatic rings. The highest BCUT2D eigenvalue weighted by molar-refractivity contribution is 6.30. The topological polar surface area (TPSA) is 41.1 Å². The van der Waals surface area contributed by atoms with Gasteiger partial charge in [-0.05, 0) is 43.9 Å². The Bertz CT molecular complexity index is 491. The maximum atomic E-state index is 12.3. The lowest BCUT2D eigenvalue weighted by atomic mass is 9.88. The number of carbonyl (C=O) groups excluding carboxylic acids is 1. The molecule has 2 saturated heterocycles. The number of hydrogen-bond donors (Lipinski definition) is 2. The van der Waals surface area contributed by atoms with E-state index in [1.165, 1.54) is 6.42 Å². The van der Waals surface area contributed by atoms with Gasteiger partial charge in [0.15, 0.2) is 0 Å². The Morgan fingerprint density at radius 1 is 1.47 bits per heavy atom. The largest absolute Gasteiger partial charge is 0.349 e. The number of benzene rings is 1. The molecular formula is C15H19ClN2O. The second-order valence-corrected chi connectivity index (χ2v) is 6.11. The zero-order valence-corrected chi connectivity index (χ0v) is 11.8. The van der Waals surface area contributed by atoms with Gasteiger partial charge in [0.2, 0.25) is 5.91 Å². The Morgan fingerprint density at radius 2 is 2.32 bits per heavy atom. The quantitative estimate of drug-likeness (QED) is 0.892. The molecule has 2 fully saturated rings. The third-order valence-electron chi connectivity index (χ3n) is 4.34. The smallest absolute Gasteiger partial charge is 0.225 e. The van der Waals surface area contributed by atoms with Crippen LogP contribution < -0.4 is 10.6 Å². The average molecular weight is 279 g/mol. The number of rotatable bonds is 3. The molecule has 4 unspecified atom stereocenters. The molecule has 4 atom stereocenters. The summed E-state index contributed by atoms with van der Waals surface area (Å²) in [6.07, 6.45) is 3.34. The first-order valence-electron chi connectivity index (χ1n) is 6.95. The average Bonchev–Trinajstić information content (AvgIpc) is 3.00. The fraction of sp³-hybridized carbons (Fsp3) is 0.533. The summed E-state index contributed by atoms with van der Waals surface area (Å²) in [7, 11) is 0. The van der Waals surface area contributed by atoms with E-state index in [0.29, 0.717) is 17.1 Å². The Hall–Kier alpha value is -1.06. The Balaban J connectivity index is 1.63. The maximum absolute atomic E-state index is 12.3. The molecule has 3 nitrogen and oxygen atoms in total. The highest BCUT2D eigenvalue weighted by Gasteiger charge is 2.42. The first-order chi connectivity index (χ1) is 9.13. The third-order valence-corrected chi connectivity index (χ3v) is 4.58. The van der Waals surface area contributed by atoms with Gasteiger partial charge in [0.25, 0.3) is 0 Å². The summed E-state index contributed by atoms with van der Waals surface area (Å²) in [4.78, 5) is 12.3. The van der Waals surface area contributed by atoms with Crippen LogP contribution >= 0.6 is 11.6 Å². The monoisotopic (exact) mass is 278 g/mol. The van der Waals surface area contributed by atoms with Crippen molar-refractivity contribution in [1.82, 2.24) is 10.6 Å². The predicted molar refractivity (Wildman–Crippen MR) is 76.1 cm³/mol. The summed E-state index contributed by atoms with van der Waals surface area (Å²) < 4.78 is 0. The van der Waals surface area contributed by atoms with Gasteiger partial charge in [-0.2, -0.15) is 0 Å². The molecule has 2 aliphatic heterocycles. The van der Waals surface area contributed by atoms with Crippen LogP contribution in [-0.2, 0) is 4.79 Å². The summed E-state index contributed by atoms with van der Waals surface area (Å²) in [6, 6.07) is 8.62. The van der Waals surface area contributed by atoms with Gasteiger partial charge in [-0.15, -0.1) is 0 Å². The molecule has 2 N–H and O–H groups in total. The van der Waals surface area contributed by atoms with Crippen molar-refractivity contribution in [2.24, 2.45) is 5.92 Å². The number of halogens is 1. The lowest BCUT2D eigenvalue weighted by Gasteiger charge is -2.22. The van der Waals surface area contributed by atoms with Crippen LogP contribution in [0.25, 0.3) is 0 Å². The molecule has 0 aliphatic carbocycles. The molecule has 4 heteroatoms. The lowest BCUT2D eigenvalue weighted by molar-refractivity contribution is -0.126. The zero-order valence-electron chi connectivity index (χ0n) is 11.0. The van der Waals surface area contributed by atoms with Crippen LogP contribution in [0, 0.1) is 5.92 Å². The van der Waals surface area contributed by atoms with Crippen LogP contribution in [0.1, 0.15) is 37.8 Å². The SMILES string of the molecule is CC(NC(=O)C1CC2CCC1N2)c1cccc(Cl)c1. The first kappa shape index (κ1) is 12.9. The number of hydrogen-bond acceptors (Lipinski definition) is 2. The van der Waals surface area contributed by atoms with E-state index in [0.717, 1.165) is 18.4 Å². The van der Waals surface area contributed by atoms with E-state index in [2.05, 4.69) is 10.6 Å². The van der Waals surface area contributed by atoms with E-state index in [-0.39, 0.29) is 17.9 Å². The second-order valence-electron chi connectivity index (χ2n) is 5.67. The summed E-state index contributed by atoms with van der Waals surface area (Å²) in [5, 5.41) is 7.32. The van der Waals surface area contributed by atoms with Gasteiger partial charge in [0.05, 0.1) is 12.0 Å². The van der Waals surface area contributed by atoms with Crippen molar-refractivity contribution >= 4 is 17.5 Å². The van der Waals surface area contributed by atoms with E-state index in [1.807, 2.05) is 31.2 Å². The fourth-order valence-corrected chi connectivity index (χ4v) is 3.49. The summed E-state index contributed by atoms with van der Waals surface area (Å²) in [6.45, 7) is 2.00. The Labute approximate surface area is 118 Å². The second kappa shape index (κ2) is 5.14. The van der Waals surface area contributed by atoms with Gasteiger partial charge in [0.1, 0.15) is 0 Å². The van der Waals surface area contributed by atoms with Crippen LogP contribution in [0.2, 0.25) is 5.02 Å². The predicted octanol–water partition coefficient (Wildman–Crippen LogP) is 2.66. The minimum absolute atomic E-state index is 0.00493. The first-order valence-corrected chi connectivity index (χ1v) is 7.33. The van der Waals surface area contributed by atoms with E-state index in [9.17, 15) is 4.79 Å². The number of fused-ring (bicyclic) bond motifs is 2. The molecule has 3 rings (SSSR count). The van der Waals surface area contributed by atoms with Gasteiger partial charge >= 0.3 is 0 Å². The van der Waals surface area contributed by atoms with Crippen LogP contribution in [0.15, 0.2) is 24.3 Å². The van der Waals surface area contributed by atoms with Crippen molar-refractivity contribution in [2.45, 2.75) is 44.3 Å². The van der Waals surface area contributed by atoms with Gasteiger partial charge < -0.3 is 10.6 Å².